The molecule has 14 heavy (non-hydrogen) atoms. The SMILES string of the molecule is CCNCCCc1ccc(F)c(Br)c1. The number of hydrogen-bond donors (Lipinski definition) is 1. The van der Waals surface area contributed by atoms with Crippen molar-refractivity contribution >= 4 is 15.9 Å². The van der Waals surface area contributed by atoms with Gasteiger partial charge in [-0.05, 0) is 59.6 Å². The first-order valence-electron chi connectivity index (χ1n) is 4.88. The third-order valence-electron chi connectivity index (χ3n) is 2.05. The molecule has 0 saturated heterocycles. The van der Waals surface area contributed by atoms with Gasteiger partial charge in [-0.2, -0.15) is 0 Å². The summed E-state index contributed by atoms with van der Waals surface area (Å²) in [5, 5.41) is 3.26. The zero-order chi connectivity index (χ0) is 10.4. The third-order valence-corrected chi connectivity index (χ3v) is 2.66. The summed E-state index contributed by atoms with van der Waals surface area (Å²) in [6.45, 7) is 4.12. The van der Waals surface area contributed by atoms with Crippen molar-refractivity contribution in [2.45, 2.75) is 19.8 Å². The molecule has 0 amide bonds. The van der Waals surface area contributed by atoms with Gasteiger partial charge in [-0.25, -0.2) is 4.39 Å². The molecule has 0 unspecified atom stereocenters. The maximum atomic E-state index is 12.9. The monoisotopic (exact) mass is 259 g/mol. The molecule has 1 N–H and O–H groups in total. The highest BCUT2D eigenvalue weighted by Gasteiger charge is 1.99. The van der Waals surface area contributed by atoms with E-state index in [-0.39, 0.29) is 5.82 Å². The minimum absolute atomic E-state index is 0.194. The second-order valence-corrected chi connectivity index (χ2v) is 4.06. The van der Waals surface area contributed by atoms with Gasteiger partial charge in [0.15, 0.2) is 0 Å². The highest BCUT2D eigenvalue weighted by atomic mass is 79.9. The fourth-order valence-electron chi connectivity index (χ4n) is 1.29. The van der Waals surface area contributed by atoms with E-state index in [9.17, 15) is 4.39 Å². The largest absolute Gasteiger partial charge is 0.317 e. The quantitative estimate of drug-likeness (QED) is 0.802. The van der Waals surface area contributed by atoms with Crippen LogP contribution in [0.2, 0.25) is 0 Å². The molecule has 0 atom stereocenters. The van der Waals surface area contributed by atoms with Gasteiger partial charge in [0.2, 0.25) is 0 Å². The van der Waals surface area contributed by atoms with Crippen molar-refractivity contribution in [3.8, 4) is 0 Å². The van der Waals surface area contributed by atoms with E-state index in [1.165, 1.54) is 11.6 Å². The van der Waals surface area contributed by atoms with Crippen LogP contribution in [0.15, 0.2) is 22.7 Å². The lowest BCUT2D eigenvalue weighted by atomic mass is 10.1. The minimum Gasteiger partial charge on any atom is -0.317 e. The van der Waals surface area contributed by atoms with Crippen LogP contribution in [0.5, 0.6) is 0 Å². The van der Waals surface area contributed by atoms with Crippen molar-refractivity contribution in [2.75, 3.05) is 13.1 Å². The van der Waals surface area contributed by atoms with Crippen molar-refractivity contribution in [1.82, 2.24) is 5.32 Å². The van der Waals surface area contributed by atoms with Gasteiger partial charge in [0.05, 0.1) is 4.47 Å². The van der Waals surface area contributed by atoms with Crippen LogP contribution in [0.3, 0.4) is 0 Å². The van der Waals surface area contributed by atoms with Gasteiger partial charge in [0.1, 0.15) is 5.82 Å². The molecule has 78 valence electrons. The highest BCUT2D eigenvalue weighted by molar-refractivity contribution is 9.10. The van der Waals surface area contributed by atoms with Crippen LogP contribution >= 0.6 is 15.9 Å². The van der Waals surface area contributed by atoms with E-state index in [2.05, 4.69) is 28.2 Å². The summed E-state index contributed by atoms with van der Waals surface area (Å²) in [6, 6.07) is 5.19. The number of aryl methyl sites for hydroxylation is 1. The molecular weight excluding hydrogens is 245 g/mol. The Kier molecular flexibility index (Phi) is 5.12. The van der Waals surface area contributed by atoms with Gasteiger partial charge in [0.25, 0.3) is 0 Å². The van der Waals surface area contributed by atoms with E-state index < -0.39 is 0 Å². The zero-order valence-corrected chi connectivity index (χ0v) is 9.90. The van der Waals surface area contributed by atoms with E-state index >= 15 is 0 Å². The Hall–Kier alpha value is -0.410. The van der Waals surface area contributed by atoms with Crippen molar-refractivity contribution in [2.24, 2.45) is 0 Å². The molecular formula is C11H15BrFN. The first kappa shape index (κ1) is 11.7. The first-order valence-corrected chi connectivity index (χ1v) is 5.68. The molecule has 0 aliphatic rings. The van der Waals surface area contributed by atoms with Crippen molar-refractivity contribution in [3.63, 3.8) is 0 Å². The normalized spacial score (nSPS) is 10.5. The Balaban J connectivity index is 2.39. The predicted molar refractivity (Wildman–Crippen MR) is 61.0 cm³/mol. The average Bonchev–Trinajstić information content (AvgIpc) is 2.18. The molecule has 1 rings (SSSR count). The molecule has 0 bridgehead atoms. The standard InChI is InChI=1S/C11H15BrFN/c1-2-14-7-3-4-9-5-6-11(13)10(12)8-9/h5-6,8,14H,2-4,7H2,1H3. The molecule has 1 nitrogen and oxygen atoms in total. The summed E-state index contributed by atoms with van der Waals surface area (Å²) >= 11 is 3.18. The number of benzene rings is 1. The molecule has 0 aliphatic carbocycles. The lowest BCUT2D eigenvalue weighted by Crippen LogP contribution is -2.14. The molecule has 0 saturated carbocycles. The van der Waals surface area contributed by atoms with Crippen molar-refractivity contribution in [1.29, 1.82) is 0 Å². The molecule has 0 heterocycles. The summed E-state index contributed by atoms with van der Waals surface area (Å²) in [5.41, 5.74) is 1.18. The van der Waals surface area contributed by atoms with E-state index in [0.29, 0.717) is 4.47 Å². The smallest absolute Gasteiger partial charge is 0.137 e. The van der Waals surface area contributed by atoms with E-state index in [1.807, 2.05) is 12.1 Å². The maximum Gasteiger partial charge on any atom is 0.137 e. The summed E-state index contributed by atoms with van der Waals surface area (Å²) < 4.78 is 13.4. The van der Waals surface area contributed by atoms with Crippen LogP contribution in [0.25, 0.3) is 0 Å². The second kappa shape index (κ2) is 6.14. The van der Waals surface area contributed by atoms with Gasteiger partial charge in [0, 0.05) is 0 Å². The zero-order valence-electron chi connectivity index (χ0n) is 8.32. The van der Waals surface area contributed by atoms with Crippen LogP contribution in [0.1, 0.15) is 18.9 Å². The Bertz CT molecular complexity index is 289. The highest BCUT2D eigenvalue weighted by Crippen LogP contribution is 2.17. The number of rotatable bonds is 5. The average molecular weight is 260 g/mol. The van der Waals surface area contributed by atoms with Gasteiger partial charge in [-0.3, -0.25) is 0 Å². The summed E-state index contributed by atoms with van der Waals surface area (Å²) in [5.74, 6) is -0.194. The van der Waals surface area contributed by atoms with Crippen LogP contribution in [-0.4, -0.2) is 13.1 Å². The number of nitrogens with one attached hydrogen (secondary N) is 1. The Labute approximate surface area is 92.8 Å². The summed E-state index contributed by atoms with van der Waals surface area (Å²) in [4.78, 5) is 0. The van der Waals surface area contributed by atoms with Crippen molar-refractivity contribution in [3.05, 3.63) is 34.1 Å². The predicted octanol–water partition coefficient (Wildman–Crippen LogP) is 3.13. The maximum absolute atomic E-state index is 12.9. The Morgan fingerprint density at radius 1 is 1.43 bits per heavy atom. The summed E-state index contributed by atoms with van der Waals surface area (Å²) in [7, 11) is 0. The van der Waals surface area contributed by atoms with Gasteiger partial charge in [-0.1, -0.05) is 13.0 Å². The number of hydrogen-bond acceptors (Lipinski definition) is 1. The van der Waals surface area contributed by atoms with E-state index in [1.54, 1.807) is 0 Å². The first-order chi connectivity index (χ1) is 6.74. The Morgan fingerprint density at radius 2 is 2.21 bits per heavy atom. The van der Waals surface area contributed by atoms with E-state index in [4.69, 9.17) is 0 Å². The molecule has 1 aromatic carbocycles. The lowest BCUT2D eigenvalue weighted by Gasteiger charge is -2.03. The number of halogens is 2. The topological polar surface area (TPSA) is 12.0 Å². The summed E-state index contributed by atoms with van der Waals surface area (Å²) in [6.07, 6.45) is 2.08. The van der Waals surface area contributed by atoms with Crippen molar-refractivity contribution < 1.29 is 4.39 Å². The Morgan fingerprint density at radius 3 is 2.86 bits per heavy atom. The van der Waals surface area contributed by atoms with Crippen LogP contribution in [0, 0.1) is 5.82 Å². The molecule has 0 radical (unpaired) electrons. The molecule has 0 spiro atoms. The fourth-order valence-corrected chi connectivity index (χ4v) is 1.72. The second-order valence-electron chi connectivity index (χ2n) is 3.21. The molecule has 1 aromatic rings. The molecule has 0 fully saturated rings. The lowest BCUT2D eigenvalue weighted by molar-refractivity contribution is 0.619. The van der Waals surface area contributed by atoms with Crippen LogP contribution in [0.4, 0.5) is 4.39 Å². The van der Waals surface area contributed by atoms with Gasteiger partial charge < -0.3 is 5.32 Å². The molecule has 3 heteroatoms. The van der Waals surface area contributed by atoms with Gasteiger partial charge in [-0.15, -0.1) is 0 Å². The van der Waals surface area contributed by atoms with Crippen LogP contribution in [-0.2, 0) is 6.42 Å². The fraction of sp³-hybridized carbons (Fsp3) is 0.455. The van der Waals surface area contributed by atoms with Gasteiger partial charge >= 0.3 is 0 Å². The molecule has 0 aromatic heterocycles. The van der Waals surface area contributed by atoms with Crippen LogP contribution < -0.4 is 5.32 Å². The minimum atomic E-state index is -0.194. The molecule has 0 aliphatic heterocycles. The third kappa shape index (κ3) is 3.76. The van der Waals surface area contributed by atoms with E-state index in [0.717, 1.165) is 25.9 Å².